The monoisotopic (exact) mass is 405 g/mol. The van der Waals surface area contributed by atoms with Gasteiger partial charge in [-0.2, -0.15) is 0 Å². The lowest BCUT2D eigenvalue weighted by Gasteiger charge is -2.23. The molecule has 0 radical (unpaired) electrons. The third kappa shape index (κ3) is 5.03. The number of hydrogen-bond donors (Lipinski definition) is 2. The van der Waals surface area contributed by atoms with Crippen LogP contribution in [0.1, 0.15) is 54.0 Å². The van der Waals surface area contributed by atoms with Crippen LogP contribution in [0.4, 0.5) is 14.9 Å². The first-order chi connectivity index (χ1) is 13.4. The van der Waals surface area contributed by atoms with Crippen LogP contribution in [0.5, 0.6) is 0 Å². The van der Waals surface area contributed by atoms with Crippen molar-refractivity contribution in [3.63, 3.8) is 0 Å². The number of nitrogens with zero attached hydrogens (tertiary/aromatic N) is 3. The minimum Gasteiger partial charge on any atom is -0.338 e. The molecular weight excluding hydrogens is 381 g/mol. The third-order valence-electron chi connectivity index (χ3n) is 4.53. The first kappa shape index (κ1) is 20.2. The highest BCUT2D eigenvalue weighted by Crippen LogP contribution is 2.33. The second-order valence-electron chi connectivity index (χ2n) is 7.17. The van der Waals surface area contributed by atoms with Gasteiger partial charge < -0.3 is 15.5 Å². The van der Waals surface area contributed by atoms with Crippen LogP contribution in [0, 0.1) is 11.7 Å². The van der Waals surface area contributed by atoms with Crippen molar-refractivity contribution >= 4 is 29.0 Å². The fourth-order valence-corrected chi connectivity index (χ4v) is 3.90. The maximum Gasteiger partial charge on any atom is 0.317 e. The summed E-state index contributed by atoms with van der Waals surface area (Å²) in [5.74, 6) is -0.245. The van der Waals surface area contributed by atoms with Crippen molar-refractivity contribution in [3.8, 4) is 0 Å². The Balaban J connectivity index is 1.62. The number of aromatic nitrogens is 2. The van der Waals surface area contributed by atoms with Gasteiger partial charge in [0, 0.05) is 18.8 Å². The van der Waals surface area contributed by atoms with E-state index < -0.39 is 5.91 Å². The molecular formula is C19H24FN5O2S. The zero-order chi connectivity index (χ0) is 20.1. The van der Waals surface area contributed by atoms with E-state index in [1.807, 2.05) is 0 Å². The second-order valence-corrected chi connectivity index (χ2v) is 8.18. The number of halogens is 1. The summed E-state index contributed by atoms with van der Waals surface area (Å²) in [5.41, 5.74) is 0.482. The average Bonchev–Trinajstić information content (AvgIpc) is 3.32. The van der Waals surface area contributed by atoms with E-state index in [0.29, 0.717) is 29.7 Å². The molecule has 150 valence electrons. The molecule has 7 nitrogen and oxygen atoms in total. The lowest BCUT2D eigenvalue weighted by atomic mass is 10.1. The second kappa shape index (κ2) is 9.09. The average molecular weight is 405 g/mol. The van der Waals surface area contributed by atoms with Crippen molar-refractivity contribution < 1.29 is 14.0 Å². The molecule has 1 atom stereocenters. The Morgan fingerprint density at radius 3 is 2.75 bits per heavy atom. The summed E-state index contributed by atoms with van der Waals surface area (Å²) in [6.45, 7) is 5.53. The molecule has 1 aliphatic heterocycles. The van der Waals surface area contributed by atoms with E-state index in [0.717, 1.165) is 19.3 Å². The molecule has 2 heterocycles. The van der Waals surface area contributed by atoms with Crippen LogP contribution in [0.3, 0.4) is 0 Å². The van der Waals surface area contributed by atoms with Gasteiger partial charge in [-0.3, -0.25) is 4.79 Å². The Kier molecular flexibility index (Phi) is 6.56. The van der Waals surface area contributed by atoms with Crippen molar-refractivity contribution in [3.05, 3.63) is 40.1 Å². The fraction of sp³-hybridized carbons (Fsp3) is 0.474. The molecule has 0 spiro atoms. The Hall–Kier alpha value is -2.55. The summed E-state index contributed by atoms with van der Waals surface area (Å²) in [7, 11) is 0. The number of hydrogen-bond acceptors (Lipinski definition) is 5. The van der Waals surface area contributed by atoms with Crippen LogP contribution in [0.2, 0.25) is 0 Å². The van der Waals surface area contributed by atoms with Crippen LogP contribution in [0.25, 0.3) is 0 Å². The van der Waals surface area contributed by atoms with Gasteiger partial charge in [0.2, 0.25) is 5.01 Å². The van der Waals surface area contributed by atoms with E-state index in [-0.39, 0.29) is 22.9 Å². The molecule has 9 heteroatoms. The minimum absolute atomic E-state index is 0.101. The van der Waals surface area contributed by atoms with Gasteiger partial charge in [0.05, 0.1) is 6.04 Å². The Bertz CT molecular complexity index is 824. The topological polar surface area (TPSA) is 87.2 Å². The molecule has 0 bridgehead atoms. The van der Waals surface area contributed by atoms with Gasteiger partial charge in [-0.25, -0.2) is 9.18 Å². The number of benzene rings is 1. The zero-order valence-corrected chi connectivity index (χ0v) is 16.8. The van der Waals surface area contributed by atoms with Gasteiger partial charge in [-0.1, -0.05) is 25.2 Å². The quantitative estimate of drug-likeness (QED) is 0.765. The first-order valence-corrected chi connectivity index (χ1v) is 10.2. The van der Waals surface area contributed by atoms with Gasteiger partial charge >= 0.3 is 6.03 Å². The molecule has 0 aliphatic carbocycles. The van der Waals surface area contributed by atoms with Crippen molar-refractivity contribution in [1.82, 2.24) is 20.4 Å². The number of rotatable bonds is 6. The minimum atomic E-state index is -0.402. The molecule has 1 aromatic heterocycles. The van der Waals surface area contributed by atoms with Crippen LogP contribution < -0.4 is 10.6 Å². The molecule has 1 aromatic carbocycles. The van der Waals surface area contributed by atoms with Crippen molar-refractivity contribution in [1.29, 1.82) is 0 Å². The van der Waals surface area contributed by atoms with E-state index >= 15 is 0 Å². The highest BCUT2D eigenvalue weighted by atomic mass is 32.1. The number of carbonyl (C=O) groups excluding carboxylic acids is 2. The van der Waals surface area contributed by atoms with Crippen molar-refractivity contribution in [2.75, 3.05) is 18.4 Å². The number of amides is 3. The lowest BCUT2D eigenvalue weighted by Crippen LogP contribution is -2.40. The molecule has 1 fully saturated rings. The maximum atomic E-state index is 13.0. The van der Waals surface area contributed by atoms with Gasteiger partial charge in [0.1, 0.15) is 10.8 Å². The fourth-order valence-electron chi connectivity index (χ4n) is 3.01. The SMILES string of the molecule is CC(C)CCNC(=O)N1CCC[C@H]1c1nnc(C(=O)Nc2ccc(F)cc2)s1. The summed E-state index contributed by atoms with van der Waals surface area (Å²) in [6, 6.07) is 5.25. The van der Waals surface area contributed by atoms with Crippen LogP contribution in [-0.4, -0.2) is 40.1 Å². The van der Waals surface area contributed by atoms with E-state index in [2.05, 4.69) is 34.7 Å². The summed E-state index contributed by atoms with van der Waals surface area (Å²) >= 11 is 1.18. The van der Waals surface area contributed by atoms with Gasteiger partial charge in [-0.05, 0) is 49.4 Å². The van der Waals surface area contributed by atoms with Gasteiger partial charge in [0.15, 0.2) is 0 Å². The number of urea groups is 1. The summed E-state index contributed by atoms with van der Waals surface area (Å²) < 4.78 is 13.0. The van der Waals surface area contributed by atoms with Gasteiger partial charge in [-0.15, -0.1) is 10.2 Å². The predicted octanol–water partition coefficient (Wildman–Crippen LogP) is 3.82. The largest absolute Gasteiger partial charge is 0.338 e. The summed E-state index contributed by atoms with van der Waals surface area (Å²) in [4.78, 5) is 26.6. The van der Waals surface area contributed by atoms with E-state index in [4.69, 9.17) is 0 Å². The van der Waals surface area contributed by atoms with Gasteiger partial charge in [0.25, 0.3) is 5.91 Å². The zero-order valence-electron chi connectivity index (χ0n) is 15.9. The van der Waals surface area contributed by atoms with Crippen molar-refractivity contribution in [2.24, 2.45) is 5.92 Å². The summed E-state index contributed by atoms with van der Waals surface area (Å²) in [6.07, 6.45) is 2.61. The number of anilines is 1. The maximum absolute atomic E-state index is 13.0. The number of likely N-dealkylation sites (tertiary alicyclic amines) is 1. The van der Waals surface area contributed by atoms with Crippen LogP contribution in [0.15, 0.2) is 24.3 Å². The Morgan fingerprint density at radius 2 is 2.04 bits per heavy atom. The molecule has 1 aliphatic rings. The third-order valence-corrected chi connectivity index (χ3v) is 5.56. The molecule has 3 amide bonds. The smallest absolute Gasteiger partial charge is 0.317 e. The molecule has 2 aromatic rings. The summed E-state index contributed by atoms with van der Waals surface area (Å²) in [5, 5.41) is 14.6. The standard InChI is InChI=1S/C19H24FN5O2S/c1-12(2)9-10-21-19(27)25-11-3-4-15(25)17-23-24-18(28-17)16(26)22-14-7-5-13(20)6-8-14/h5-8,12,15H,3-4,9-11H2,1-2H3,(H,21,27)(H,22,26)/t15-/m0/s1. The van der Waals surface area contributed by atoms with Crippen LogP contribution >= 0.6 is 11.3 Å². The molecule has 2 N–H and O–H groups in total. The number of nitrogens with one attached hydrogen (secondary N) is 2. The highest BCUT2D eigenvalue weighted by Gasteiger charge is 2.33. The van der Waals surface area contributed by atoms with Crippen LogP contribution in [-0.2, 0) is 0 Å². The molecule has 0 saturated carbocycles. The highest BCUT2D eigenvalue weighted by molar-refractivity contribution is 7.13. The molecule has 28 heavy (non-hydrogen) atoms. The van der Waals surface area contributed by atoms with E-state index in [9.17, 15) is 14.0 Å². The number of carbonyl (C=O) groups is 2. The lowest BCUT2D eigenvalue weighted by molar-refractivity contribution is 0.102. The Labute approximate surface area is 167 Å². The molecule has 0 unspecified atom stereocenters. The molecule has 3 rings (SSSR count). The first-order valence-electron chi connectivity index (χ1n) is 9.39. The van der Waals surface area contributed by atoms with E-state index in [1.165, 1.54) is 35.6 Å². The van der Waals surface area contributed by atoms with E-state index in [1.54, 1.807) is 4.90 Å². The molecule has 1 saturated heterocycles. The Morgan fingerprint density at radius 1 is 1.29 bits per heavy atom. The predicted molar refractivity (Wildman–Crippen MR) is 106 cm³/mol. The normalized spacial score (nSPS) is 16.4. The van der Waals surface area contributed by atoms with Crippen molar-refractivity contribution in [2.45, 2.75) is 39.2 Å².